The van der Waals surface area contributed by atoms with Gasteiger partial charge in [0.05, 0.1) is 0 Å². The minimum absolute atomic E-state index is 0.0558. The van der Waals surface area contributed by atoms with Gasteiger partial charge in [0.1, 0.15) is 11.4 Å². The number of likely N-dealkylation sites (tertiary alicyclic amines) is 1. The largest absolute Gasteiger partial charge is 0.451 e. The van der Waals surface area contributed by atoms with Crippen LogP contribution in [0, 0.1) is 0 Å². The van der Waals surface area contributed by atoms with Crippen LogP contribution in [-0.2, 0) is 0 Å². The van der Waals surface area contributed by atoms with E-state index in [0.717, 1.165) is 41.8 Å². The molecular weight excluding hydrogens is 328 g/mol. The first-order valence-corrected chi connectivity index (χ1v) is 8.87. The minimum Gasteiger partial charge on any atom is -0.451 e. The molecule has 0 radical (unpaired) electrons. The third-order valence-corrected chi connectivity index (χ3v) is 5.05. The predicted molar refractivity (Wildman–Crippen MR) is 97.1 cm³/mol. The number of carbonyl (C=O) groups excluding carboxylic acids is 1. The van der Waals surface area contributed by atoms with Gasteiger partial charge in [-0.25, -0.2) is 0 Å². The molecule has 0 N–H and O–H groups in total. The van der Waals surface area contributed by atoms with Gasteiger partial charge in [-0.15, -0.1) is 10.2 Å². The zero-order valence-electron chi connectivity index (χ0n) is 14.2. The van der Waals surface area contributed by atoms with Crippen LogP contribution in [0.3, 0.4) is 0 Å². The van der Waals surface area contributed by atoms with Crippen molar-refractivity contribution in [2.45, 2.75) is 18.8 Å². The van der Waals surface area contributed by atoms with Gasteiger partial charge in [-0.05, 0) is 37.1 Å². The van der Waals surface area contributed by atoms with E-state index in [0.29, 0.717) is 12.3 Å². The number of piperidine rings is 1. The first kappa shape index (κ1) is 15.1. The Morgan fingerprint density at radius 1 is 1.12 bits per heavy atom. The summed E-state index contributed by atoms with van der Waals surface area (Å²) in [6.45, 7) is 1.37. The van der Waals surface area contributed by atoms with Crippen molar-refractivity contribution in [2.75, 3.05) is 13.1 Å². The summed E-state index contributed by atoms with van der Waals surface area (Å²) in [4.78, 5) is 14.8. The monoisotopic (exact) mass is 346 g/mol. The highest BCUT2D eigenvalue weighted by Crippen LogP contribution is 2.28. The Morgan fingerprint density at radius 3 is 2.92 bits per heavy atom. The molecule has 4 aromatic rings. The molecule has 1 fully saturated rings. The van der Waals surface area contributed by atoms with Crippen LogP contribution in [0.1, 0.15) is 35.1 Å². The van der Waals surface area contributed by atoms with Crippen LogP contribution in [0.25, 0.3) is 16.6 Å². The van der Waals surface area contributed by atoms with Crippen molar-refractivity contribution < 1.29 is 9.21 Å². The lowest BCUT2D eigenvalue weighted by atomic mass is 9.97. The molecule has 1 atom stereocenters. The number of aromatic nitrogens is 3. The quantitative estimate of drug-likeness (QED) is 0.557. The second kappa shape index (κ2) is 5.98. The van der Waals surface area contributed by atoms with Crippen molar-refractivity contribution in [2.24, 2.45) is 0 Å². The molecule has 1 aliphatic heterocycles. The minimum atomic E-state index is -0.0558. The van der Waals surface area contributed by atoms with Gasteiger partial charge in [-0.2, -0.15) is 0 Å². The molecule has 6 nitrogen and oxygen atoms in total. The Labute approximate surface area is 150 Å². The van der Waals surface area contributed by atoms with E-state index in [4.69, 9.17) is 4.42 Å². The van der Waals surface area contributed by atoms with Crippen molar-refractivity contribution in [1.29, 1.82) is 0 Å². The number of nitrogens with zero attached hydrogens (tertiary/aromatic N) is 4. The standard InChI is InChI=1S/C20H18N4O2/c25-20(17-12-14-6-1-2-8-16(14)26-17)23-10-5-7-15(13-23)19-22-21-18-9-3-4-11-24(18)19/h1-4,6,8-9,11-12,15H,5,7,10,13H2. The highest BCUT2D eigenvalue weighted by molar-refractivity contribution is 5.96. The Bertz CT molecular complexity index is 1060. The van der Waals surface area contributed by atoms with E-state index in [1.54, 1.807) is 0 Å². The first-order valence-electron chi connectivity index (χ1n) is 8.87. The van der Waals surface area contributed by atoms with Gasteiger partial charge < -0.3 is 9.32 Å². The molecular formula is C20H18N4O2. The van der Waals surface area contributed by atoms with Crippen LogP contribution in [0.15, 0.2) is 59.1 Å². The average Bonchev–Trinajstić information content (AvgIpc) is 3.31. The molecule has 5 rings (SSSR count). The Balaban J connectivity index is 1.42. The first-order chi connectivity index (χ1) is 12.8. The third-order valence-electron chi connectivity index (χ3n) is 5.05. The number of para-hydroxylation sites is 1. The fourth-order valence-corrected chi connectivity index (χ4v) is 3.75. The summed E-state index contributed by atoms with van der Waals surface area (Å²) >= 11 is 0. The number of hydrogen-bond acceptors (Lipinski definition) is 4. The number of rotatable bonds is 2. The molecule has 1 unspecified atom stereocenters. The topological polar surface area (TPSA) is 63.6 Å². The molecule has 0 aliphatic carbocycles. The number of furan rings is 1. The molecule has 6 heteroatoms. The Morgan fingerprint density at radius 2 is 2.00 bits per heavy atom. The van der Waals surface area contributed by atoms with Crippen LogP contribution in [0.4, 0.5) is 0 Å². The van der Waals surface area contributed by atoms with Crippen molar-refractivity contribution in [3.8, 4) is 0 Å². The van der Waals surface area contributed by atoms with Gasteiger partial charge in [0.25, 0.3) is 5.91 Å². The molecule has 0 spiro atoms. The smallest absolute Gasteiger partial charge is 0.289 e. The third kappa shape index (κ3) is 2.45. The SMILES string of the molecule is O=C(c1cc2ccccc2o1)N1CCCC(c2nnc3ccccn23)C1. The number of benzene rings is 1. The molecule has 1 aromatic carbocycles. The molecule has 0 saturated carbocycles. The molecule has 1 amide bonds. The molecule has 130 valence electrons. The lowest BCUT2D eigenvalue weighted by molar-refractivity contribution is 0.0674. The van der Waals surface area contributed by atoms with Gasteiger partial charge in [0.2, 0.25) is 0 Å². The molecule has 26 heavy (non-hydrogen) atoms. The van der Waals surface area contributed by atoms with E-state index in [1.165, 1.54) is 0 Å². The maximum atomic E-state index is 12.9. The maximum absolute atomic E-state index is 12.9. The predicted octanol–water partition coefficient (Wildman–Crippen LogP) is 3.50. The van der Waals surface area contributed by atoms with Crippen molar-refractivity contribution in [3.63, 3.8) is 0 Å². The Hall–Kier alpha value is -3.15. The van der Waals surface area contributed by atoms with Crippen LogP contribution >= 0.6 is 0 Å². The number of pyridine rings is 1. The Kier molecular flexibility index (Phi) is 3.48. The van der Waals surface area contributed by atoms with E-state index < -0.39 is 0 Å². The summed E-state index contributed by atoms with van der Waals surface area (Å²) in [6, 6.07) is 15.4. The zero-order valence-corrected chi connectivity index (χ0v) is 14.2. The van der Waals surface area contributed by atoms with E-state index in [1.807, 2.05) is 64.0 Å². The highest BCUT2D eigenvalue weighted by Gasteiger charge is 2.29. The average molecular weight is 346 g/mol. The number of hydrogen-bond donors (Lipinski definition) is 0. The molecule has 3 aromatic heterocycles. The van der Waals surface area contributed by atoms with Crippen LogP contribution in [0.5, 0.6) is 0 Å². The van der Waals surface area contributed by atoms with Gasteiger partial charge in [-0.3, -0.25) is 9.20 Å². The fourth-order valence-electron chi connectivity index (χ4n) is 3.75. The number of carbonyl (C=O) groups is 1. The summed E-state index contributed by atoms with van der Waals surface area (Å²) in [7, 11) is 0. The van der Waals surface area contributed by atoms with Crippen molar-refractivity contribution >= 4 is 22.5 Å². The molecule has 4 heterocycles. The summed E-state index contributed by atoms with van der Waals surface area (Å²) in [5.41, 5.74) is 1.58. The molecule has 1 aliphatic rings. The summed E-state index contributed by atoms with van der Waals surface area (Å²) < 4.78 is 7.77. The summed E-state index contributed by atoms with van der Waals surface area (Å²) in [5, 5.41) is 9.57. The van der Waals surface area contributed by atoms with Crippen LogP contribution < -0.4 is 0 Å². The van der Waals surface area contributed by atoms with E-state index >= 15 is 0 Å². The van der Waals surface area contributed by atoms with E-state index in [-0.39, 0.29) is 11.8 Å². The molecule has 0 bridgehead atoms. The summed E-state index contributed by atoms with van der Waals surface area (Å²) in [5.74, 6) is 1.44. The van der Waals surface area contributed by atoms with E-state index in [9.17, 15) is 4.79 Å². The van der Waals surface area contributed by atoms with Gasteiger partial charge in [0.15, 0.2) is 11.4 Å². The van der Waals surface area contributed by atoms with Gasteiger partial charge in [-0.1, -0.05) is 24.3 Å². The van der Waals surface area contributed by atoms with Crippen molar-refractivity contribution in [1.82, 2.24) is 19.5 Å². The lowest BCUT2D eigenvalue weighted by Crippen LogP contribution is -2.39. The lowest BCUT2D eigenvalue weighted by Gasteiger charge is -2.31. The van der Waals surface area contributed by atoms with Gasteiger partial charge in [0, 0.05) is 30.6 Å². The van der Waals surface area contributed by atoms with Crippen LogP contribution in [-0.4, -0.2) is 38.5 Å². The highest BCUT2D eigenvalue weighted by atomic mass is 16.3. The fraction of sp³-hybridized carbons (Fsp3) is 0.250. The van der Waals surface area contributed by atoms with Gasteiger partial charge >= 0.3 is 0 Å². The van der Waals surface area contributed by atoms with E-state index in [2.05, 4.69) is 10.2 Å². The van der Waals surface area contributed by atoms with Crippen LogP contribution in [0.2, 0.25) is 0 Å². The van der Waals surface area contributed by atoms with Crippen molar-refractivity contribution in [3.05, 3.63) is 66.3 Å². The maximum Gasteiger partial charge on any atom is 0.289 e. The second-order valence-electron chi connectivity index (χ2n) is 6.73. The summed E-state index contributed by atoms with van der Waals surface area (Å²) in [6.07, 6.45) is 3.92. The molecule has 1 saturated heterocycles. The number of fused-ring (bicyclic) bond motifs is 2. The number of amides is 1. The zero-order chi connectivity index (χ0) is 17.5. The normalized spacial score (nSPS) is 17.8. The second-order valence-corrected chi connectivity index (χ2v) is 6.73.